The highest BCUT2D eigenvalue weighted by Gasteiger charge is 2.38. The van der Waals surface area contributed by atoms with Crippen LogP contribution in [0.1, 0.15) is 31.9 Å². The number of alkyl halides is 1. The van der Waals surface area contributed by atoms with Gasteiger partial charge in [0.15, 0.2) is 0 Å². The molecule has 118 valence electrons. The third-order valence-electron chi connectivity index (χ3n) is 3.86. The molecule has 0 radical (unpaired) electrons. The molecule has 1 unspecified atom stereocenters. The molecule has 0 N–H and O–H groups in total. The Bertz CT molecular complexity index is 439. The molecule has 0 aliphatic heterocycles. The van der Waals surface area contributed by atoms with Crippen LogP contribution in [0.15, 0.2) is 36.9 Å². The molecular weight excluding hydrogens is 284 g/mol. The first kappa shape index (κ1) is 18.2. The van der Waals surface area contributed by atoms with Crippen LogP contribution in [0.4, 0.5) is 0 Å². The first-order valence-electron chi connectivity index (χ1n) is 7.17. The van der Waals surface area contributed by atoms with Gasteiger partial charge in [-0.3, -0.25) is 0 Å². The van der Waals surface area contributed by atoms with Crippen molar-refractivity contribution in [3.63, 3.8) is 0 Å². The van der Waals surface area contributed by atoms with Crippen LogP contribution >= 0.6 is 11.6 Å². The van der Waals surface area contributed by atoms with E-state index in [4.69, 9.17) is 21.1 Å². The first-order valence-corrected chi connectivity index (χ1v) is 7.61. The Labute approximate surface area is 134 Å². The molecule has 0 saturated carbocycles. The summed E-state index contributed by atoms with van der Waals surface area (Å²) in [6.07, 6.45) is 1.75. The SMILES string of the molecule is C=CC(Cl)C(COC)(COC)c1ccc(C(C)(C)C)cc1. The number of hydrogen-bond donors (Lipinski definition) is 0. The third-order valence-corrected chi connectivity index (χ3v) is 4.46. The molecule has 1 rings (SSSR count). The minimum absolute atomic E-state index is 0.127. The van der Waals surface area contributed by atoms with Crippen LogP contribution < -0.4 is 0 Å². The number of hydrogen-bond acceptors (Lipinski definition) is 2. The predicted octanol–water partition coefficient (Wildman–Crippen LogP) is 4.31. The van der Waals surface area contributed by atoms with Crippen LogP contribution in [0.2, 0.25) is 0 Å². The van der Waals surface area contributed by atoms with Gasteiger partial charge in [-0.2, -0.15) is 0 Å². The highest BCUT2D eigenvalue weighted by atomic mass is 35.5. The Morgan fingerprint density at radius 3 is 1.81 bits per heavy atom. The molecule has 1 atom stereocenters. The lowest BCUT2D eigenvalue weighted by molar-refractivity contribution is 0.0622. The van der Waals surface area contributed by atoms with E-state index >= 15 is 0 Å². The van der Waals surface area contributed by atoms with Crippen LogP contribution in [-0.4, -0.2) is 32.8 Å². The van der Waals surface area contributed by atoms with Crippen LogP contribution in [0.25, 0.3) is 0 Å². The fraction of sp³-hybridized carbons (Fsp3) is 0.556. The summed E-state index contributed by atoms with van der Waals surface area (Å²) in [5.41, 5.74) is 2.10. The fourth-order valence-electron chi connectivity index (χ4n) is 2.57. The van der Waals surface area contributed by atoms with Gasteiger partial charge < -0.3 is 9.47 Å². The molecule has 21 heavy (non-hydrogen) atoms. The van der Waals surface area contributed by atoms with Crippen molar-refractivity contribution in [3.8, 4) is 0 Å². The van der Waals surface area contributed by atoms with Crippen LogP contribution in [0.3, 0.4) is 0 Å². The summed E-state index contributed by atoms with van der Waals surface area (Å²) in [6, 6.07) is 8.55. The average Bonchev–Trinajstić information content (AvgIpc) is 2.45. The Balaban J connectivity index is 3.28. The maximum absolute atomic E-state index is 6.53. The van der Waals surface area contributed by atoms with Crippen molar-refractivity contribution < 1.29 is 9.47 Å². The van der Waals surface area contributed by atoms with Crippen LogP contribution in [0, 0.1) is 0 Å². The Morgan fingerprint density at radius 2 is 1.48 bits per heavy atom. The molecule has 0 aliphatic rings. The van der Waals surface area contributed by atoms with Gasteiger partial charge in [-0.15, -0.1) is 18.2 Å². The summed E-state index contributed by atoms with van der Waals surface area (Å²) in [5.74, 6) is 0. The second-order valence-corrected chi connectivity index (χ2v) is 6.96. The van der Waals surface area contributed by atoms with Crippen molar-refractivity contribution in [2.45, 2.75) is 37.0 Å². The van der Waals surface area contributed by atoms with E-state index in [-0.39, 0.29) is 10.8 Å². The molecular formula is C18H27ClO2. The Hall–Kier alpha value is -0.830. The number of allylic oxidation sites excluding steroid dienone is 1. The molecule has 3 heteroatoms. The Kier molecular flexibility index (Phi) is 6.45. The summed E-state index contributed by atoms with van der Waals surface area (Å²) in [5, 5.41) is -0.266. The van der Waals surface area contributed by atoms with Crippen LogP contribution in [0.5, 0.6) is 0 Å². The minimum atomic E-state index is -0.427. The average molecular weight is 311 g/mol. The fourth-order valence-corrected chi connectivity index (χ4v) is 2.82. The highest BCUT2D eigenvalue weighted by molar-refractivity contribution is 6.22. The molecule has 0 aliphatic carbocycles. The van der Waals surface area contributed by atoms with Gasteiger partial charge in [-0.1, -0.05) is 51.1 Å². The van der Waals surface area contributed by atoms with E-state index < -0.39 is 5.41 Å². The number of rotatable bonds is 7. The number of halogens is 1. The van der Waals surface area contributed by atoms with Gasteiger partial charge >= 0.3 is 0 Å². The zero-order valence-electron chi connectivity index (χ0n) is 13.8. The van der Waals surface area contributed by atoms with Gasteiger partial charge in [-0.25, -0.2) is 0 Å². The van der Waals surface area contributed by atoms with E-state index in [0.29, 0.717) is 13.2 Å². The minimum Gasteiger partial charge on any atom is -0.384 e. The van der Waals surface area contributed by atoms with Gasteiger partial charge in [0.05, 0.1) is 24.0 Å². The lowest BCUT2D eigenvalue weighted by atomic mass is 9.77. The standard InChI is InChI=1S/C18H27ClO2/c1-7-16(19)18(12-20-5,13-21-6)15-10-8-14(9-11-15)17(2,3)4/h7-11,16H,1,12-13H2,2-6H3. The van der Waals surface area contributed by atoms with Gasteiger partial charge in [-0.05, 0) is 16.5 Å². The normalized spacial score (nSPS) is 14.0. The lowest BCUT2D eigenvalue weighted by Crippen LogP contribution is -2.44. The third kappa shape index (κ3) is 4.09. The number of ether oxygens (including phenoxy) is 2. The summed E-state index contributed by atoms with van der Waals surface area (Å²) < 4.78 is 10.8. The first-order chi connectivity index (χ1) is 9.81. The van der Waals surface area contributed by atoms with Gasteiger partial charge in [0, 0.05) is 14.2 Å². The van der Waals surface area contributed by atoms with Crippen LogP contribution in [-0.2, 0) is 20.3 Å². The van der Waals surface area contributed by atoms with E-state index in [2.05, 4.69) is 51.6 Å². The van der Waals surface area contributed by atoms with Crippen molar-refractivity contribution in [1.82, 2.24) is 0 Å². The molecule has 0 spiro atoms. The summed E-state index contributed by atoms with van der Waals surface area (Å²) >= 11 is 6.53. The van der Waals surface area contributed by atoms with Crippen molar-refractivity contribution in [1.29, 1.82) is 0 Å². The second-order valence-electron chi connectivity index (χ2n) is 6.49. The lowest BCUT2D eigenvalue weighted by Gasteiger charge is -2.36. The maximum Gasteiger partial charge on any atom is 0.0654 e. The van der Waals surface area contributed by atoms with E-state index in [1.165, 1.54) is 5.56 Å². The highest BCUT2D eigenvalue weighted by Crippen LogP contribution is 2.34. The van der Waals surface area contributed by atoms with E-state index in [9.17, 15) is 0 Å². The maximum atomic E-state index is 6.53. The molecule has 0 fully saturated rings. The predicted molar refractivity (Wildman–Crippen MR) is 90.4 cm³/mol. The molecule has 0 amide bonds. The smallest absolute Gasteiger partial charge is 0.0654 e. The van der Waals surface area contributed by atoms with Crippen molar-refractivity contribution in [2.75, 3.05) is 27.4 Å². The number of benzene rings is 1. The van der Waals surface area contributed by atoms with Gasteiger partial charge in [0.2, 0.25) is 0 Å². The molecule has 0 heterocycles. The Morgan fingerprint density at radius 1 is 1.05 bits per heavy atom. The molecule has 0 saturated heterocycles. The summed E-state index contributed by atoms with van der Waals surface area (Å²) in [6.45, 7) is 11.4. The largest absolute Gasteiger partial charge is 0.384 e. The van der Waals surface area contributed by atoms with Crippen molar-refractivity contribution in [2.24, 2.45) is 0 Å². The van der Waals surface area contributed by atoms with E-state index in [1.807, 2.05) is 0 Å². The van der Waals surface area contributed by atoms with Crippen molar-refractivity contribution in [3.05, 3.63) is 48.0 Å². The van der Waals surface area contributed by atoms with Gasteiger partial charge in [0.1, 0.15) is 0 Å². The van der Waals surface area contributed by atoms with E-state index in [1.54, 1.807) is 20.3 Å². The quantitative estimate of drug-likeness (QED) is 0.552. The zero-order valence-corrected chi connectivity index (χ0v) is 14.5. The summed E-state index contributed by atoms with van der Waals surface area (Å²) in [4.78, 5) is 0. The monoisotopic (exact) mass is 310 g/mol. The molecule has 0 aromatic heterocycles. The van der Waals surface area contributed by atoms with E-state index in [0.717, 1.165) is 5.56 Å². The summed E-state index contributed by atoms with van der Waals surface area (Å²) in [7, 11) is 3.36. The zero-order chi connectivity index (χ0) is 16.1. The van der Waals surface area contributed by atoms with Gasteiger partial charge in [0.25, 0.3) is 0 Å². The number of methoxy groups -OCH3 is 2. The molecule has 1 aromatic rings. The van der Waals surface area contributed by atoms with Crippen molar-refractivity contribution >= 4 is 11.6 Å². The topological polar surface area (TPSA) is 18.5 Å². The molecule has 0 bridgehead atoms. The second kappa shape index (κ2) is 7.44. The molecule has 1 aromatic carbocycles. The molecule has 2 nitrogen and oxygen atoms in total.